The van der Waals surface area contributed by atoms with Gasteiger partial charge < -0.3 is 14.7 Å². The summed E-state index contributed by atoms with van der Waals surface area (Å²) in [5.41, 5.74) is 0.938. The number of benzene rings is 2. The number of carboxylic acids is 1. The average Bonchev–Trinajstić information content (AvgIpc) is 2.94. The molecule has 1 N–H and O–H groups in total. The number of aliphatic carboxylic acids is 1. The summed E-state index contributed by atoms with van der Waals surface area (Å²) in [5.74, 6) is -3.32. The first-order valence-corrected chi connectivity index (χ1v) is 8.91. The molecule has 0 radical (unpaired) electrons. The molecule has 0 saturated heterocycles. The normalized spacial score (nSPS) is 21.7. The van der Waals surface area contributed by atoms with Gasteiger partial charge in [0.15, 0.2) is 0 Å². The number of carboxylic acid groups (broad SMARTS) is 1. The molecule has 0 fully saturated rings. The molecule has 0 aliphatic heterocycles. The standard InChI is InChI=1S/C25H29N3O3/c1-19(2)28(15-9-10-16-31-18-23(29)30)22-17-26-24(20-11-5-3-6-12-20)25(27-22)21-13-7-4-8-14-21/h3-8,11-14,17,19H,9-10,15-16,18H2,1-2H3,(H,29,30)/i1D3,2D3,9D2,10D2,15D2,16D2,18D2. The SMILES string of the molecule is [2H]C([2H])(OC([2H])([2H])C([2H])([2H])C([2H])([2H])C([2H])([2H])N(c1cnc(-c2ccccc2)c(-c2ccccc2)n1)C(C([2H])([2H])[2H])C([2H])([2H])[2H])C(=O)O. The molecule has 0 unspecified atom stereocenters. The van der Waals surface area contributed by atoms with E-state index in [4.69, 9.17) is 27.0 Å². The summed E-state index contributed by atoms with van der Waals surface area (Å²) in [5, 5.41) is 9.04. The van der Waals surface area contributed by atoms with Gasteiger partial charge in [-0.2, -0.15) is 0 Å². The van der Waals surface area contributed by atoms with Crippen LogP contribution in [0.2, 0.25) is 0 Å². The molecule has 6 nitrogen and oxygen atoms in total. The van der Waals surface area contributed by atoms with E-state index < -0.39 is 63.9 Å². The zero-order valence-electron chi connectivity index (χ0n) is 32.0. The third-order valence-electron chi connectivity index (χ3n) is 3.84. The van der Waals surface area contributed by atoms with E-state index in [-0.39, 0.29) is 16.3 Å². The second-order valence-corrected chi connectivity index (χ2v) is 5.90. The van der Waals surface area contributed by atoms with Crippen molar-refractivity contribution in [1.82, 2.24) is 9.97 Å². The molecule has 1 aromatic heterocycles. The summed E-state index contributed by atoms with van der Waals surface area (Å²) < 4.78 is 134. The molecular weight excluding hydrogens is 390 g/mol. The highest BCUT2D eigenvalue weighted by Gasteiger charge is 2.17. The van der Waals surface area contributed by atoms with Crippen molar-refractivity contribution in [2.75, 3.05) is 24.5 Å². The molecule has 3 rings (SSSR count). The summed E-state index contributed by atoms with van der Waals surface area (Å²) in [6.45, 7) is -19.7. The van der Waals surface area contributed by atoms with Gasteiger partial charge in [-0.05, 0) is 26.4 Å². The maximum atomic E-state index is 11.2. The van der Waals surface area contributed by atoms with Crippen molar-refractivity contribution >= 4 is 11.8 Å². The number of ether oxygens (including phenoxy) is 1. The first kappa shape index (κ1) is 9.49. The predicted molar refractivity (Wildman–Crippen MR) is 123 cm³/mol. The molecule has 0 spiro atoms. The number of hydrogen-bond donors (Lipinski definition) is 1. The smallest absolute Gasteiger partial charge is 0.329 e. The Kier molecular flexibility index (Phi) is 3.44. The molecule has 0 atom stereocenters. The maximum Gasteiger partial charge on any atom is 0.329 e. The van der Waals surface area contributed by atoms with Gasteiger partial charge in [-0.3, -0.25) is 4.98 Å². The largest absolute Gasteiger partial charge is 0.480 e. The van der Waals surface area contributed by atoms with E-state index in [2.05, 4.69) is 14.7 Å². The van der Waals surface area contributed by atoms with Crippen molar-refractivity contribution in [1.29, 1.82) is 0 Å². The lowest BCUT2D eigenvalue weighted by Crippen LogP contribution is -2.33. The van der Waals surface area contributed by atoms with Crippen LogP contribution >= 0.6 is 0 Å². The molecule has 31 heavy (non-hydrogen) atoms. The summed E-state index contributed by atoms with van der Waals surface area (Å²) in [4.78, 5) is 19.7. The Morgan fingerprint density at radius 3 is 2.32 bits per heavy atom. The molecule has 0 saturated carbocycles. The first-order chi connectivity index (χ1) is 21.2. The van der Waals surface area contributed by atoms with Crippen LogP contribution in [0.1, 0.15) is 48.4 Å². The third-order valence-corrected chi connectivity index (χ3v) is 3.84. The van der Waals surface area contributed by atoms with E-state index >= 15 is 0 Å². The molecule has 0 amide bonds. The second-order valence-electron chi connectivity index (χ2n) is 5.90. The Hall–Kier alpha value is -3.25. The summed E-state index contributed by atoms with van der Waals surface area (Å²) in [6, 6.07) is 13.4. The van der Waals surface area contributed by atoms with E-state index in [0.29, 0.717) is 11.1 Å². The fourth-order valence-corrected chi connectivity index (χ4v) is 2.56. The van der Waals surface area contributed by atoms with Crippen molar-refractivity contribution in [3.8, 4) is 22.5 Å². The van der Waals surface area contributed by atoms with Crippen LogP contribution in [-0.2, 0) is 9.53 Å². The quantitative estimate of drug-likeness (QED) is 0.461. The summed E-state index contributed by atoms with van der Waals surface area (Å²) in [6.07, 6.45) is -7.94. The van der Waals surface area contributed by atoms with Gasteiger partial charge in [0.05, 0.1) is 23.1 Å². The van der Waals surface area contributed by atoms with Gasteiger partial charge in [0.1, 0.15) is 12.4 Å². The van der Waals surface area contributed by atoms with Gasteiger partial charge in [0.2, 0.25) is 0 Å². The lowest BCUT2D eigenvalue weighted by molar-refractivity contribution is -0.142. The van der Waals surface area contributed by atoms with Crippen LogP contribution in [0.4, 0.5) is 5.82 Å². The van der Waals surface area contributed by atoms with E-state index in [1.165, 1.54) is 0 Å². The van der Waals surface area contributed by atoms with Gasteiger partial charge in [0, 0.05) is 46.7 Å². The number of anilines is 1. The van der Waals surface area contributed by atoms with Crippen LogP contribution in [0.15, 0.2) is 66.9 Å². The number of carbonyl (C=O) groups is 1. The van der Waals surface area contributed by atoms with Gasteiger partial charge in [-0.15, -0.1) is 0 Å². The Labute approximate surface area is 206 Å². The summed E-state index contributed by atoms with van der Waals surface area (Å²) >= 11 is 0. The minimum atomic E-state index is -4.35. The van der Waals surface area contributed by atoms with Gasteiger partial charge in [0.25, 0.3) is 0 Å². The van der Waals surface area contributed by atoms with E-state index in [1.807, 2.05) is 0 Å². The zero-order chi connectivity index (χ0) is 36.0. The van der Waals surface area contributed by atoms with Crippen molar-refractivity contribution in [3.63, 3.8) is 0 Å². The van der Waals surface area contributed by atoms with Crippen LogP contribution < -0.4 is 4.90 Å². The van der Waals surface area contributed by atoms with Crippen LogP contribution in [0.5, 0.6) is 0 Å². The Morgan fingerprint density at radius 2 is 1.71 bits per heavy atom. The van der Waals surface area contributed by atoms with Crippen molar-refractivity contribution in [2.24, 2.45) is 0 Å². The average molecular weight is 436 g/mol. The van der Waals surface area contributed by atoms with E-state index in [9.17, 15) is 4.79 Å². The van der Waals surface area contributed by atoms with Gasteiger partial charge >= 0.3 is 5.97 Å². The number of nitrogens with zero attached hydrogens (tertiary/aromatic N) is 3. The monoisotopic (exact) mass is 435 g/mol. The Bertz CT molecular complexity index is 1550. The van der Waals surface area contributed by atoms with Crippen molar-refractivity contribution in [2.45, 2.75) is 32.5 Å². The second kappa shape index (κ2) is 11.2. The topological polar surface area (TPSA) is 75.5 Å². The molecule has 162 valence electrons. The molecule has 3 aromatic rings. The van der Waals surface area contributed by atoms with Crippen LogP contribution in [0.25, 0.3) is 22.5 Å². The van der Waals surface area contributed by atoms with E-state index in [1.54, 1.807) is 60.7 Å². The fourth-order valence-electron chi connectivity index (χ4n) is 2.56. The highest BCUT2D eigenvalue weighted by Crippen LogP contribution is 2.30. The molecule has 0 aliphatic carbocycles. The molecular formula is C25H29N3O3. The number of hydrogen-bond acceptors (Lipinski definition) is 5. The van der Waals surface area contributed by atoms with Gasteiger partial charge in [-0.1, -0.05) is 60.7 Å². The number of rotatable bonds is 11. The molecule has 6 heteroatoms. The Balaban J connectivity index is 2.40. The minimum Gasteiger partial charge on any atom is -0.480 e. The lowest BCUT2D eigenvalue weighted by Gasteiger charge is -2.28. The van der Waals surface area contributed by atoms with Gasteiger partial charge in [-0.25, -0.2) is 9.78 Å². The fraction of sp³-hybridized carbons (Fsp3) is 0.320. The van der Waals surface area contributed by atoms with Crippen molar-refractivity contribution < 1.29 is 36.6 Å². The Morgan fingerprint density at radius 1 is 1.06 bits per heavy atom. The predicted octanol–water partition coefficient (Wildman–Crippen LogP) is 4.91. The highest BCUT2D eigenvalue weighted by atomic mass is 16.5. The third kappa shape index (κ3) is 6.36. The lowest BCUT2D eigenvalue weighted by atomic mass is 10.0. The number of aromatic nitrogens is 2. The maximum absolute atomic E-state index is 11.2. The molecule has 2 aromatic carbocycles. The molecule has 0 aliphatic rings. The van der Waals surface area contributed by atoms with Crippen LogP contribution in [0, 0.1) is 0 Å². The molecule has 1 heterocycles. The van der Waals surface area contributed by atoms with Crippen LogP contribution in [-0.4, -0.2) is 46.7 Å². The summed E-state index contributed by atoms with van der Waals surface area (Å²) in [7, 11) is 0. The van der Waals surface area contributed by atoms with Crippen molar-refractivity contribution in [3.05, 3.63) is 66.9 Å². The van der Waals surface area contributed by atoms with E-state index in [0.717, 1.165) is 6.20 Å². The zero-order valence-corrected chi connectivity index (χ0v) is 16.0. The highest BCUT2D eigenvalue weighted by molar-refractivity contribution is 5.78. The minimum absolute atomic E-state index is 0.0400. The molecule has 0 bridgehead atoms. The van der Waals surface area contributed by atoms with Crippen LogP contribution in [0.3, 0.4) is 0 Å². The first-order valence-electron chi connectivity index (χ1n) is 16.9.